The summed E-state index contributed by atoms with van der Waals surface area (Å²) in [5, 5.41) is 10.0. The van der Waals surface area contributed by atoms with Crippen LogP contribution in [0.1, 0.15) is 11.3 Å². The van der Waals surface area contributed by atoms with Crippen LogP contribution in [-0.2, 0) is 11.3 Å². The van der Waals surface area contributed by atoms with E-state index in [0.29, 0.717) is 22.4 Å². The highest BCUT2D eigenvalue weighted by molar-refractivity contribution is 8.18. The highest BCUT2D eigenvalue weighted by atomic mass is 32.2. The Morgan fingerprint density at radius 3 is 2.52 bits per heavy atom. The summed E-state index contributed by atoms with van der Waals surface area (Å²) in [5.74, 6) is 0.753. The molecule has 2 aromatic carbocycles. The minimum atomic E-state index is -0.126. The number of benzene rings is 2. The standard InChI is InChI=1S/C21H16N2O3S/c24-17-10-8-15(9-11-17)13-19-20(25)23(14-18-7-4-12-26-18)21(27-19)22-16-5-2-1-3-6-16/h1-13,24H,14H2/b19-13-,22-21?. The number of aromatic hydroxyl groups is 1. The molecule has 3 aromatic rings. The number of hydrogen-bond donors (Lipinski definition) is 1. The lowest BCUT2D eigenvalue weighted by Crippen LogP contribution is -2.28. The van der Waals surface area contributed by atoms with Gasteiger partial charge < -0.3 is 9.52 Å². The molecular weight excluding hydrogens is 360 g/mol. The van der Waals surface area contributed by atoms with E-state index in [2.05, 4.69) is 4.99 Å². The summed E-state index contributed by atoms with van der Waals surface area (Å²) < 4.78 is 5.40. The first-order valence-electron chi connectivity index (χ1n) is 8.35. The molecule has 1 amide bonds. The first-order chi connectivity index (χ1) is 13.2. The smallest absolute Gasteiger partial charge is 0.267 e. The van der Waals surface area contributed by atoms with Gasteiger partial charge in [-0.05, 0) is 59.8 Å². The molecule has 4 rings (SSSR count). The lowest BCUT2D eigenvalue weighted by Gasteiger charge is -2.13. The number of thioether (sulfide) groups is 1. The van der Waals surface area contributed by atoms with Crippen molar-refractivity contribution >= 4 is 34.6 Å². The molecule has 0 saturated carbocycles. The van der Waals surface area contributed by atoms with Crippen LogP contribution in [0.5, 0.6) is 5.75 Å². The van der Waals surface area contributed by atoms with Crippen molar-refractivity contribution in [2.24, 2.45) is 4.99 Å². The van der Waals surface area contributed by atoms with Crippen LogP contribution in [0.15, 0.2) is 87.3 Å². The SMILES string of the molecule is O=C1/C(=C/c2ccc(O)cc2)SC(=Nc2ccccc2)N1Cc1ccco1. The van der Waals surface area contributed by atoms with E-state index in [1.165, 1.54) is 11.8 Å². The Hall–Kier alpha value is -3.25. The largest absolute Gasteiger partial charge is 0.508 e. The maximum absolute atomic E-state index is 13.0. The predicted octanol–water partition coefficient (Wildman–Crippen LogP) is 4.79. The number of amidine groups is 1. The molecule has 1 fully saturated rings. The molecule has 0 spiro atoms. The summed E-state index contributed by atoms with van der Waals surface area (Å²) >= 11 is 1.33. The van der Waals surface area contributed by atoms with Gasteiger partial charge in [0.25, 0.3) is 5.91 Å². The van der Waals surface area contributed by atoms with Crippen LogP contribution in [0.2, 0.25) is 0 Å². The average Bonchev–Trinajstić information content (AvgIpc) is 3.29. The number of carbonyl (C=O) groups is 1. The number of hydrogen-bond acceptors (Lipinski definition) is 5. The molecule has 1 aliphatic heterocycles. The zero-order valence-electron chi connectivity index (χ0n) is 14.3. The molecule has 0 bridgehead atoms. The van der Waals surface area contributed by atoms with Crippen LogP contribution < -0.4 is 0 Å². The van der Waals surface area contributed by atoms with Gasteiger partial charge in [-0.25, -0.2) is 4.99 Å². The van der Waals surface area contributed by atoms with E-state index in [-0.39, 0.29) is 11.7 Å². The van der Waals surface area contributed by atoms with Crippen molar-refractivity contribution in [2.75, 3.05) is 0 Å². The lowest BCUT2D eigenvalue weighted by atomic mass is 10.2. The van der Waals surface area contributed by atoms with Gasteiger partial charge in [-0.15, -0.1) is 0 Å². The molecule has 1 aromatic heterocycles. The first-order valence-corrected chi connectivity index (χ1v) is 9.17. The summed E-state index contributed by atoms with van der Waals surface area (Å²) in [4.78, 5) is 19.8. The van der Waals surface area contributed by atoms with Crippen LogP contribution in [0.4, 0.5) is 5.69 Å². The van der Waals surface area contributed by atoms with Gasteiger partial charge in [-0.1, -0.05) is 30.3 Å². The van der Waals surface area contributed by atoms with E-state index < -0.39 is 0 Å². The van der Waals surface area contributed by atoms with Gasteiger partial charge in [0.2, 0.25) is 0 Å². The second-order valence-corrected chi connectivity index (χ2v) is 6.91. The molecule has 1 aliphatic rings. The van der Waals surface area contributed by atoms with Crippen molar-refractivity contribution in [1.82, 2.24) is 4.90 Å². The van der Waals surface area contributed by atoms with Gasteiger partial charge in [0.1, 0.15) is 11.5 Å². The fourth-order valence-corrected chi connectivity index (χ4v) is 3.62. The van der Waals surface area contributed by atoms with Crippen molar-refractivity contribution < 1.29 is 14.3 Å². The number of phenols is 1. The zero-order chi connectivity index (χ0) is 18.6. The minimum Gasteiger partial charge on any atom is -0.508 e. The van der Waals surface area contributed by atoms with Gasteiger partial charge >= 0.3 is 0 Å². The number of phenolic OH excluding ortho intramolecular Hbond substituents is 1. The Bertz CT molecular complexity index is 994. The number of nitrogens with zero attached hydrogens (tertiary/aromatic N) is 2. The van der Waals surface area contributed by atoms with Crippen molar-refractivity contribution in [3.8, 4) is 5.75 Å². The van der Waals surface area contributed by atoms with E-state index in [1.54, 1.807) is 47.6 Å². The summed E-state index contributed by atoms with van der Waals surface area (Å²) in [5.41, 5.74) is 1.62. The van der Waals surface area contributed by atoms with E-state index in [1.807, 2.05) is 36.4 Å². The third-order valence-electron chi connectivity index (χ3n) is 3.95. The van der Waals surface area contributed by atoms with Crippen LogP contribution in [0, 0.1) is 0 Å². The maximum Gasteiger partial charge on any atom is 0.267 e. The van der Waals surface area contributed by atoms with Crippen LogP contribution >= 0.6 is 11.8 Å². The Balaban J connectivity index is 1.68. The maximum atomic E-state index is 13.0. The Morgan fingerprint density at radius 2 is 1.81 bits per heavy atom. The predicted molar refractivity (Wildman–Crippen MR) is 106 cm³/mol. The summed E-state index contributed by atoms with van der Waals surface area (Å²) in [7, 11) is 0. The molecule has 0 radical (unpaired) electrons. The number of carbonyl (C=O) groups excluding carboxylic acids is 1. The molecule has 0 unspecified atom stereocenters. The average molecular weight is 376 g/mol. The Kier molecular flexibility index (Phi) is 4.80. The fourth-order valence-electron chi connectivity index (χ4n) is 2.62. The van der Waals surface area contributed by atoms with E-state index in [9.17, 15) is 9.90 Å². The van der Waals surface area contributed by atoms with Crippen LogP contribution in [0.3, 0.4) is 0 Å². The van der Waals surface area contributed by atoms with Crippen molar-refractivity contribution in [1.29, 1.82) is 0 Å². The van der Waals surface area contributed by atoms with E-state index in [4.69, 9.17) is 4.42 Å². The number of furan rings is 1. The van der Waals surface area contributed by atoms with Crippen molar-refractivity contribution in [3.63, 3.8) is 0 Å². The number of rotatable bonds is 4. The highest BCUT2D eigenvalue weighted by Crippen LogP contribution is 2.35. The lowest BCUT2D eigenvalue weighted by molar-refractivity contribution is -0.122. The molecule has 1 saturated heterocycles. The quantitative estimate of drug-likeness (QED) is 0.665. The minimum absolute atomic E-state index is 0.126. The number of aliphatic imine (C=N–C) groups is 1. The second-order valence-electron chi connectivity index (χ2n) is 5.90. The third-order valence-corrected chi connectivity index (χ3v) is 4.96. The summed E-state index contributed by atoms with van der Waals surface area (Å²) in [6.45, 7) is 0.317. The van der Waals surface area contributed by atoms with E-state index >= 15 is 0 Å². The van der Waals surface area contributed by atoms with Gasteiger partial charge in [-0.2, -0.15) is 0 Å². The number of amides is 1. The fraction of sp³-hybridized carbons (Fsp3) is 0.0476. The first kappa shape index (κ1) is 17.2. The van der Waals surface area contributed by atoms with Crippen LogP contribution in [-0.4, -0.2) is 21.1 Å². The van der Waals surface area contributed by atoms with Gasteiger partial charge in [-0.3, -0.25) is 9.69 Å². The molecule has 6 heteroatoms. The van der Waals surface area contributed by atoms with E-state index in [0.717, 1.165) is 11.3 Å². The van der Waals surface area contributed by atoms with Gasteiger partial charge in [0.05, 0.1) is 23.4 Å². The van der Waals surface area contributed by atoms with Gasteiger partial charge in [0, 0.05) is 0 Å². The monoisotopic (exact) mass is 376 g/mol. The highest BCUT2D eigenvalue weighted by Gasteiger charge is 2.34. The molecular formula is C21H16N2O3S. The van der Waals surface area contributed by atoms with Gasteiger partial charge in [0.15, 0.2) is 5.17 Å². The third kappa shape index (κ3) is 3.96. The second kappa shape index (κ2) is 7.55. The topological polar surface area (TPSA) is 66.0 Å². The molecule has 27 heavy (non-hydrogen) atoms. The molecule has 0 atom stereocenters. The molecule has 2 heterocycles. The zero-order valence-corrected chi connectivity index (χ0v) is 15.1. The summed E-state index contributed by atoms with van der Waals surface area (Å²) in [6, 6.07) is 19.9. The molecule has 5 nitrogen and oxygen atoms in total. The summed E-state index contributed by atoms with van der Waals surface area (Å²) in [6.07, 6.45) is 3.39. The molecule has 134 valence electrons. The number of para-hydroxylation sites is 1. The Labute approximate surface area is 160 Å². The molecule has 1 N–H and O–H groups in total. The van der Waals surface area contributed by atoms with Crippen LogP contribution in [0.25, 0.3) is 6.08 Å². The normalized spacial score (nSPS) is 17.2. The Morgan fingerprint density at radius 1 is 1.04 bits per heavy atom. The van der Waals surface area contributed by atoms with Crippen molar-refractivity contribution in [3.05, 3.63) is 89.2 Å². The van der Waals surface area contributed by atoms with Crippen molar-refractivity contribution in [2.45, 2.75) is 6.54 Å². The molecule has 0 aliphatic carbocycles.